The Morgan fingerprint density at radius 1 is 1.42 bits per heavy atom. The summed E-state index contributed by atoms with van der Waals surface area (Å²) in [6.45, 7) is 1.93. The third kappa shape index (κ3) is 2.91. The predicted octanol–water partition coefficient (Wildman–Crippen LogP) is 3.87. The summed E-state index contributed by atoms with van der Waals surface area (Å²) in [5, 5.41) is 10.2. The van der Waals surface area contributed by atoms with Crippen LogP contribution in [-0.4, -0.2) is 20.8 Å². The quantitative estimate of drug-likeness (QED) is 0.936. The van der Waals surface area contributed by atoms with Gasteiger partial charge in [-0.05, 0) is 24.1 Å². The van der Waals surface area contributed by atoms with Gasteiger partial charge < -0.3 is 5.11 Å². The fourth-order valence-electron chi connectivity index (χ4n) is 1.90. The van der Waals surface area contributed by atoms with Gasteiger partial charge in [0.05, 0.1) is 11.4 Å². The van der Waals surface area contributed by atoms with Crippen LogP contribution in [-0.2, 0) is 12.8 Å². The van der Waals surface area contributed by atoms with Gasteiger partial charge in [0.15, 0.2) is 0 Å². The van der Waals surface area contributed by atoms with Crippen LogP contribution in [0.15, 0.2) is 24.5 Å². The highest BCUT2D eigenvalue weighted by atomic mass is 35.5. The summed E-state index contributed by atoms with van der Waals surface area (Å²) >= 11 is 12.0. The number of aryl methyl sites for hydroxylation is 1. The molecule has 100 valence electrons. The van der Waals surface area contributed by atoms with E-state index in [4.69, 9.17) is 28.3 Å². The summed E-state index contributed by atoms with van der Waals surface area (Å²) in [6.07, 6.45) is 1.35. The zero-order valence-corrected chi connectivity index (χ0v) is 11.7. The third-order valence-corrected chi connectivity index (χ3v) is 3.45. The van der Waals surface area contributed by atoms with Crippen LogP contribution in [0.25, 0.3) is 0 Å². The first-order valence-corrected chi connectivity index (χ1v) is 6.50. The standard InChI is InChI=1S/C13H12Cl2N2O2/c1-2-11-12(17(7-16-11)13(18)19)5-8-3-4-9(14)6-10(8)15/h3-4,6-7H,2,5H2,1H3,(H,18,19). The molecule has 0 unspecified atom stereocenters. The summed E-state index contributed by atoms with van der Waals surface area (Å²) in [7, 11) is 0. The van der Waals surface area contributed by atoms with Crippen molar-refractivity contribution in [2.24, 2.45) is 0 Å². The number of rotatable bonds is 3. The molecule has 0 aliphatic rings. The van der Waals surface area contributed by atoms with Crippen molar-refractivity contribution in [1.82, 2.24) is 9.55 Å². The zero-order chi connectivity index (χ0) is 14.0. The summed E-state index contributed by atoms with van der Waals surface area (Å²) in [4.78, 5) is 15.3. The van der Waals surface area contributed by atoms with E-state index in [2.05, 4.69) is 4.98 Å². The molecule has 2 rings (SSSR count). The maximum Gasteiger partial charge on any atom is 0.417 e. The normalized spacial score (nSPS) is 10.7. The van der Waals surface area contributed by atoms with Gasteiger partial charge in [0, 0.05) is 16.5 Å². The molecule has 1 aromatic heterocycles. The molecule has 0 radical (unpaired) electrons. The molecule has 2 aromatic rings. The number of hydrogen-bond donors (Lipinski definition) is 1. The second-order valence-electron chi connectivity index (χ2n) is 4.06. The van der Waals surface area contributed by atoms with Gasteiger partial charge in [-0.2, -0.15) is 0 Å². The van der Waals surface area contributed by atoms with Crippen molar-refractivity contribution in [3.05, 3.63) is 51.5 Å². The van der Waals surface area contributed by atoms with Gasteiger partial charge >= 0.3 is 6.09 Å². The molecule has 6 heteroatoms. The average Bonchev–Trinajstić information content (AvgIpc) is 2.75. The molecule has 19 heavy (non-hydrogen) atoms. The molecule has 1 heterocycles. The first-order valence-electron chi connectivity index (χ1n) is 5.75. The van der Waals surface area contributed by atoms with Crippen LogP contribution in [0.3, 0.4) is 0 Å². The van der Waals surface area contributed by atoms with Gasteiger partial charge in [0.2, 0.25) is 0 Å². The van der Waals surface area contributed by atoms with Gasteiger partial charge in [-0.1, -0.05) is 36.2 Å². The van der Waals surface area contributed by atoms with Crippen LogP contribution in [0.2, 0.25) is 10.0 Å². The first-order chi connectivity index (χ1) is 9.02. The molecule has 1 aromatic carbocycles. The van der Waals surface area contributed by atoms with E-state index in [1.54, 1.807) is 18.2 Å². The fourth-order valence-corrected chi connectivity index (χ4v) is 2.38. The van der Waals surface area contributed by atoms with Crippen molar-refractivity contribution in [1.29, 1.82) is 0 Å². The molecule has 0 aliphatic carbocycles. The van der Waals surface area contributed by atoms with Crippen molar-refractivity contribution < 1.29 is 9.90 Å². The Kier molecular flexibility index (Phi) is 4.12. The lowest BCUT2D eigenvalue weighted by atomic mass is 10.1. The number of benzene rings is 1. The smallest absolute Gasteiger partial charge is 0.417 e. The Morgan fingerprint density at radius 2 is 2.16 bits per heavy atom. The molecule has 0 saturated carbocycles. The van der Waals surface area contributed by atoms with Gasteiger partial charge in [0.25, 0.3) is 0 Å². The molecule has 0 saturated heterocycles. The van der Waals surface area contributed by atoms with Crippen LogP contribution < -0.4 is 0 Å². The van der Waals surface area contributed by atoms with Gasteiger partial charge in [-0.25, -0.2) is 14.3 Å². The topological polar surface area (TPSA) is 55.1 Å². The lowest BCUT2D eigenvalue weighted by Gasteiger charge is -2.08. The fraction of sp³-hybridized carbons (Fsp3) is 0.231. The van der Waals surface area contributed by atoms with Crippen molar-refractivity contribution in [3.63, 3.8) is 0 Å². The molecule has 0 amide bonds. The Balaban J connectivity index is 2.42. The Morgan fingerprint density at radius 3 is 2.74 bits per heavy atom. The first kappa shape index (κ1) is 13.9. The molecule has 0 fully saturated rings. The van der Waals surface area contributed by atoms with Crippen LogP contribution >= 0.6 is 23.2 Å². The van der Waals surface area contributed by atoms with Crippen molar-refractivity contribution in [3.8, 4) is 0 Å². The number of halogens is 2. The Labute approximate surface area is 120 Å². The number of aromatic nitrogens is 2. The number of nitrogens with zero attached hydrogens (tertiary/aromatic N) is 2. The monoisotopic (exact) mass is 298 g/mol. The second kappa shape index (κ2) is 5.63. The maximum absolute atomic E-state index is 11.1. The van der Waals surface area contributed by atoms with Crippen LogP contribution in [0.1, 0.15) is 23.9 Å². The van der Waals surface area contributed by atoms with E-state index in [0.717, 1.165) is 15.8 Å². The molecule has 0 bridgehead atoms. The van der Waals surface area contributed by atoms with Crippen LogP contribution in [0.5, 0.6) is 0 Å². The minimum atomic E-state index is -1.05. The SMILES string of the molecule is CCc1ncn(C(=O)O)c1Cc1ccc(Cl)cc1Cl. The molecule has 1 N–H and O–H groups in total. The van der Waals surface area contributed by atoms with E-state index in [-0.39, 0.29) is 0 Å². The van der Waals surface area contributed by atoms with E-state index in [9.17, 15) is 4.79 Å². The van der Waals surface area contributed by atoms with E-state index in [1.807, 2.05) is 6.92 Å². The van der Waals surface area contributed by atoms with Crippen molar-refractivity contribution in [2.75, 3.05) is 0 Å². The number of imidazole rings is 1. The molecular formula is C13H12Cl2N2O2. The second-order valence-corrected chi connectivity index (χ2v) is 4.90. The highest BCUT2D eigenvalue weighted by molar-refractivity contribution is 6.35. The Bertz CT molecular complexity index is 623. The van der Waals surface area contributed by atoms with Gasteiger partial charge in [-0.3, -0.25) is 0 Å². The number of carboxylic acid groups (broad SMARTS) is 1. The summed E-state index contributed by atoms with van der Waals surface area (Å²) < 4.78 is 1.13. The lowest BCUT2D eigenvalue weighted by Crippen LogP contribution is -2.12. The molecule has 4 nitrogen and oxygen atoms in total. The van der Waals surface area contributed by atoms with Crippen molar-refractivity contribution >= 4 is 29.3 Å². The predicted molar refractivity (Wildman–Crippen MR) is 74.3 cm³/mol. The average molecular weight is 299 g/mol. The van der Waals surface area contributed by atoms with Crippen LogP contribution in [0, 0.1) is 0 Å². The number of carbonyl (C=O) groups is 1. The minimum absolute atomic E-state index is 0.408. The molecule has 0 spiro atoms. The lowest BCUT2D eigenvalue weighted by molar-refractivity contribution is 0.195. The maximum atomic E-state index is 11.1. The highest BCUT2D eigenvalue weighted by Crippen LogP contribution is 2.24. The molecule has 0 atom stereocenters. The highest BCUT2D eigenvalue weighted by Gasteiger charge is 2.15. The molecule has 0 aliphatic heterocycles. The van der Waals surface area contributed by atoms with E-state index in [0.29, 0.717) is 28.6 Å². The summed E-state index contributed by atoms with van der Waals surface area (Å²) in [5.41, 5.74) is 2.22. The van der Waals surface area contributed by atoms with E-state index in [1.165, 1.54) is 6.33 Å². The Hall–Kier alpha value is -1.52. The van der Waals surface area contributed by atoms with E-state index < -0.39 is 6.09 Å². The zero-order valence-electron chi connectivity index (χ0n) is 10.2. The summed E-state index contributed by atoms with van der Waals surface area (Å²) in [5.74, 6) is 0. The number of hydrogen-bond acceptors (Lipinski definition) is 2. The van der Waals surface area contributed by atoms with Crippen molar-refractivity contribution in [2.45, 2.75) is 19.8 Å². The van der Waals surface area contributed by atoms with Gasteiger partial charge in [0.1, 0.15) is 6.33 Å². The van der Waals surface area contributed by atoms with Crippen LogP contribution in [0.4, 0.5) is 4.79 Å². The van der Waals surface area contributed by atoms with Gasteiger partial charge in [-0.15, -0.1) is 0 Å². The minimum Gasteiger partial charge on any atom is -0.464 e. The molecular weight excluding hydrogens is 287 g/mol. The largest absolute Gasteiger partial charge is 0.464 e. The van der Waals surface area contributed by atoms with E-state index >= 15 is 0 Å². The summed E-state index contributed by atoms with van der Waals surface area (Å²) in [6, 6.07) is 5.17. The third-order valence-electron chi connectivity index (χ3n) is 2.87.